The van der Waals surface area contributed by atoms with Crippen LogP contribution in [0.1, 0.15) is 59.3 Å². The molecular formula is C14H30N2. The zero-order chi connectivity index (χ0) is 12.0. The third-order valence-corrected chi connectivity index (χ3v) is 4.30. The second-order valence-corrected chi connectivity index (χ2v) is 5.29. The first-order valence-corrected chi connectivity index (χ1v) is 7.22. The Bertz CT molecular complexity index is 178. The van der Waals surface area contributed by atoms with Crippen molar-refractivity contribution in [2.45, 2.75) is 71.4 Å². The van der Waals surface area contributed by atoms with Crippen LogP contribution in [-0.2, 0) is 0 Å². The maximum Gasteiger partial charge on any atom is 0.0247 e. The molecule has 0 aromatic heterocycles. The van der Waals surface area contributed by atoms with Crippen molar-refractivity contribution in [2.75, 3.05) is 13.1 Å². The Hall–Kier alpha value is -0.0800. The Morgan fingerprint density at radius 2 is 1.75 bits per heavy atom. The topological polar surface area (TPSA) is 29.3 Å². The van der Waals surface area contributed by atoms with Crippen molar-refractivity contribution >= 4 is 0 Å². The van der Waals surface area contributed by atoms with Crippen LogP contribution >= 0.6 is 0 Å². The van der Waals surface area contributed by atoms with E-state index in [0.29, 0.717) is 12.1 Å². The Labute approximate surface area is 102 Å². The standard InChI is InChI=1S/C14H30N2/c1-4-12(5-2)11-16(6-3)14-10-8-7-9-13(14)15/h12-14H,4-11,15H2,1-3H3. The van der Waals surface area contributed by atoms with Crippen molar-refractivity contribution < 1.29 is 0 Å². The van der Waals surface area contributed by atoms with Gasteiger partial charge in [0.05, 0.1) is 0 Å². The van der Waals surface area contributed by atoms with Crippen molar-refractivity contribution in [3.05, 3.63) is 0 Å². The molecule has 2 N–H and O–H groups in total. The molecule has 96 valence electrons. The summed E-state index contributed by atoms with van der Waals surface area (Å²) in [7, 11) is 0. The number of nitrogens with zero attached hydrogens (tertiary/aromatic N) is 1. The molecule has 2 atom stereocenters. The van der Waals surface area contributed by atoms with Gasteiger partial charge in [-0.2, -0.15) is 0 Å². The number of hydrogen-bond donors (Lipinski definition) is 1. The van der Waals surface area contributed by atoms with Crippen LogP contribution in [0.25, 0.3) is 0 Å². The summed E-state index contributed by atoms with van der Waals surface area (Å²) in [4.78, 5) is 2.64. The second kappa shape index (κ2) is 7.29. The lowest BCUT2D eigenvalue weighted by molar-refractivity contribution is 0.121. The zero-order valence-corrected chi connectivity index (χ0v) is 11.4. The van der Waals surface area contributed by atoms with Gasteiger partial charge in [-0.15, -0.1) is 0 Å². The molecule has 1 saturated carbocycles. The first-order valence-electron chi connectivity index (χ1n) is 7.22. The smallest absolute Gasteiger partial charge is 0.0247 e. The summed E-state index contributed by atoms with van der Waals surface area (Å²) in [5.74, 6) is 0.856. The van der Waals surface area contributed by atoms with Crippen molar-refractivity contribution in [1.29, 1.82) is 0 Å². The Balaban J connectivity index is 2.51. The third-order valence-electron chi connectivity index (χ3n) is 4.30. The summed E-state index contributed by atoms with van der Waals surface area (Å²) >= 11 is 0. The number of rotatable bonds is 6. The van der Waals surface area contributed by atoms with Gasteiger partial charge in [-0.05, 0) is 25.3 Å². The summed E-state index contributed by atoms with van der Waals surface area (Å²) in [6.07, 6.45) is 7.85. The van der Waals surface area contributed by atoms with E-state index in [9.17, 15) is 0 Å². The summed E-state index contributed by atoms with van der Waals surface area (Å²) in [5, 5.41) is 0. The molecule has 0 saturated heterocycles. The van der Waals surface area contributed by atoms with E-state index >= 15 is 0 Å². The average Bonchev–Trinajstić information content (AvgIpc) is 2.32. The van der Waals surface area contributed by atoms with Gasteiger partial charge < -0.3 is 5.73 Å². The fourth-order valence-corrected chi connectivity index (χ4v) is 2.97. The van der Waals surface area contributed by atoms with Gasteiger partial charge in [0.15, 0.2) is 0 Å². The molecule has 0 aromatic rings. The van der Waals surface area contributed by atoms with E-state index in [-0.39, 0.29) is 0 Å². The van der Waals surface area contributed by atoms with E-state index in [1.54, 1.807) is 0 Å². The minimum absolute atomic E-state index is 0.420. The monoisotopic (exact) mass is 226 g/mol. The van der Waals surface area contributed by atoms with Crippen LogP contribution in [0.15, 0.2) is 0 Å². The van der Waals surface area contributed by atoms with Crippen LogP contribution in [-0.4, -0.2) is 30.1 Å². The Kier molecular flexibility index (Phi) is 6.37. The Morgan fingerprint density at radius 1 is 1.12 bits per heavy atom. The van der Waals surface area contributed by atoms with Gasteiger partial charge in [0.25, 0.3) is 0 Å². The van der Waals surface area contributed by atoms with Crippen LogP contribution < -0.4 is 5.73 Å². The molecule has 2 nitrogen and oxygen atoms in total. The molecule has 0 spiro atoms. The van der Waals surface area contributed by atoms with Crippen LogP contribution in [0.3, 0.4) is 0 Å². The molecule has 1 aliphatic rings. The molecule has 1 rings (SSSR count). The van der Waals surface area contributed by atoms with Crippen molar-refractivity contribution in [3.8, 4) is 0 Å². The summed E-state index contributed by atoms with van der Waals surface area (Å²) < 4.78 is 0. The number of nitrogens with two attached hydrogens (primary N) is 1. The van der Waals surface area contributed by atoms with E-state index in [1.165, 1.54) is 45.1 Å². The molecule has 2 unspecified atom stereocenters. The highest BCUT2D eigenvalue weighted by Crippen LogP contribution is 2.23. The average molecular weight is 226 g/mol. The lowest BCUT2D eigenvalue weighted by atomic mass is 9.89. The minimum Gasteiger partial charge on any atom is -0.326 e. The molecule has 0 heterocycles. The lowest BCUT2D eigenvalue weighted by Crippen LogP contribution is -2.50. The highest BCUT2D eigenvalue weighted by Gasteiger charge is 2.27. The molecule has 1 aliphatic carbocycles. The zero-order valence-electron chi connectivity index (χ0n) is 11.4. The minimum atomic E-state index is 0.420. The van der Waals surface area contributed by atoms with E-state index in [2.05, 4.69) is 25.7 Å². The van der Waals surface area contributed by atoms with Crippen LogP contribution in [0.4, 0.5) is 0 Å². The summed E-state index contributed by atoms with van der Waals surface area (Å²) in [6, 6.07) is 1.07. The molecule has 1 fully saturated rings. The maximum absolute atomic E-state index is 6.27. The molecular weight excluding hydrogens is 196 g/mol. The Morgan fingerprint density at radius 3 is 2.25 bits per heavy atom. The SMILES string of the molecule is CCC(CC)CN(CC)C1CCCCC1N. The molecule has 0 aliphatic heterocycles. The molecule has 16 heavy (non-hydrogen) atoms. The molecule has 0 bridgehead atoms. The highest BCUT2D eigenvalue weighted by atomic mass is 15.2. The molecule has 0 radical (unpaired) electrons. The fourth-order valence-electron chi connectivity index (χ4n) is 2.97. The van der Waals surface area contributed by atoms with Crippen LogP contribution in [0, 0.1) is 5.92 Å². The first-order chi connectivity index (χ1) is 7.72. The van der Waals surface area contributed by atoms with E-state index in [1.807, 2.05) is 0 Å². The summed E-state index contributed by atoms with van der Waals surface area (Å²) in [5.41, 5.74) is 6.27. The fraction of sp³-hybridized carbons (Fsp3) is 1.00. The highest BCUT2D eigenvalue weighted by molar-refractivity contribution is 4.86. The van der Waals surface area contributed by atoms with E-state index in [4.69, 9.17) is 5.73 Å². The largest absolute Gasteiger partial charge is 0.326 e. The molecule has 0 amide bonds. The quantitative estimate of drug-likeness (QED) is 0.754. The first kappa shape index (κ1) is 14.0. The van der Waals surface area contributed by atoms with Gasteiger partial charge in [0, 0.05) is 18.6 Å². The molecule has 2 heteroatoms. The van der Waals surface area contributed by atoms with E-state index < -0.39 is 0 Å². The van der Waals surface area contributed by atoms with Gasteiger partial charge in [-0.1, -0.05) is 46.5 Å². The number of hydrogen-bond acceptors (Lipinski definition) is 2. The van der Waals surface area contributed by atoms with Crippen LogP contribution in [0.5, 0.6) is 0 Å². The molecule has 0 aromatic carbocycles. The van der Waals surface area contributed by atoms with Gasteiger partial charge in [-0.3, -0.25) is 4.90 Å². The van der Waals surface area contributed by atoms with E-state index in [0.717, 1.165) is 12.5 Å². The van der Waals surface area contributed by atoms with Crippen molar-refractivity contribution in [3.63, 3.8) is 0 Å². The van der Waals surface area contributed by atoms with Crippen molar-refractivity contribution in [1.82, 2.24) is 4.90 Å². The van der Waals surface area contributed by atoms with Crippen LogP contribution in [0.2, 0.25) is 0 Å². The van der Waals surface area contributed by atoms with Gasteiger partial charge >= 0.3 is 0 Å². The lowest BCUT2D eigenvalue weighted by Gasteiger charge is -2.39. The van der Waals surface area contributed by atoms with Crippen molar-refractivity contribution in [2.24, 2.45) is 11.7 Å². The van der Waals surface area contributed by atoms with Gasteiger partial charge in [-0.25, -0.2) is 0 Å². The third kappa shape index (κ3) is 3.74. The normalized spacial score (nSPS) is 26.6. The summed E-state index contributed by atoms with van der Waals surface area (Å²) in [6.45, 7) is 9.31. The second-order valence-electron chi connectivity index (χ2n) is 5.29. The van der Waals surface area contributed by atoms with Gasteiger partial charge in [0.1, 0.15) is 0 Å². The maximum atomic E-state index is 6.27. The van der Waals surface area contributed by atoms with Gasteiger partial charge in [0.2, 0.25) is 0 Å². The number of likely N-dealkylation sites (N-methyl/N-ethyl adjacent to an activating group) is 1. The predicted octanol–water partition coefficient (Wildman–Crippen LogP) is 3.01. The predicted molar refractivity (Wildman–Crippen MR) is 71.6 cm³/mol.